The van der Waals surface area contributed by atoms with Crippen LogP contribution in [0.25, 0.3) is 164 Å². The summed E-state index contributed by atoms with van der Waals surface area (Å²) in [6.45, 7) is 0. The van der Waals surface area contributed by atoms with Gasteiger partial charge in [0.15, 0.2) is 0 Å². The van der Waals surface area contributed by atoms with Crippen molar-refractivity contribution in [1.82, 2.24) is 0 Å². The Hall–Kier alpha value is -9.88. The molecule has 350 valence electrons. The average molecular weight is 959 g/mol. The van der Waals surface area contributed by atoms with Crippen molar-refractivity contribution in [3.05, 3.63) is 279 Å². The largest absolute Gasteiger partial charge is 0.0616 e. The summed E-state index contributed by atoms with van der Waals surface area (Å²) in [4.78, 5) is 0. The molecular weight excluding hydrogens is 913 g/mol. The molecule has 0 aliphatic heterocycles. The maximum Gasteiger partial charge on any atom is -0.00203 e. The van der Waals surface area contributed by atoms with Gasteiger partial charge in [0.25, 0.3) is 0 Å². The van der Waals surface area contributed by atoms with E-state index in [4.69, 9.17) is 0 Å². The minimum Gasteiger partial charge on any atom is -0.0616 e. The van der Waals surface area contributed by atoms with Crippen LogP contribution in [0.5, 0.6) is 0 Å². The van der Waals surface area contributed by atoms with E-state index in [9.17, 15) is 0 Å². The van der Waals surface area contributed by atoms with Gasteiger partial charge in [0.1, 0.15) is 0 Å². The molecule has 0 radical (unpaired) electrons. The van der Waals surface area contributed by atoms with Crippen LogP contribution in [0.2, 0.25) is 0 Å². The third-order valence-electron chi connectivity index (χ3n) is 16.6. The molecule has 0 atom stereocenters. The van der Waals surface area contributed by atoms with Crippen molar-refractivity contribution in [2.75, 3.05) is 0 Å². The zero-order valence-corrected chi connectivity index (χ0v) is 41.6. The molecule has 0 fully saturated rings. The first-order chi connectivity index (χ1) is 37.6. The molecule has 0 nitrogen and oxygen atoms in total. The van der Waals surface area contributed by atoms with Crippen LogP contribution in [-0.4, -0.2) is 0 Å². The van der Waals surface area contributed by atoms with Crippen molar-refractivity contribution in [3.8, 4) is 77.9 Å². The lowest BCUT2D eigenvalue weighted by Gasteiger charge is -2.17. The van der Waals surface area contributed by atoms with E-state index in [1.807, 2.05) is 0 Å². The summed E-state index contributed by atoms with van der Waals surface area (Å²) in [6, 6.07) is 104. The van der Waals surface area contributed by atoms with E-state index < -0.39 is 0 Å². The predicted octanol–water partition coefficient (Wildman–Crippen LogP) is 21.5. The number of hydrogen-bond donors (Lipinski definition) is 0. The quantitative estimate of drug-likeness (QED) is 0.140. The Morgan fingerprint density at radius 1 is 0.132 bits per heavy atom. The fraction of sp³-hybridized carbons (Fsp3) is 0. The lowest BCUT2D eigenvalue weighted by atomic mass is 9.87. The Morgan fingerprint density at radius 2 is 0.342 bits per heavy atom. The van der Waals surface area contributed by atoms with Crippen LogP contribution in [0.4, 0.5) is 0 Å². The topological polar surface area (TPSA) is 0 Å². The van der Waals surface area contributed by atoms with Crippen molar-refractivity contribution < 1.29 is 0 Å². The summed E-state index contributed by atoms with van der Waals surface area (Å²) in [6.07, 6.45) is 0. The monoisotopic (exact) mass is 958 g/mol. The summed E-state index contributed by atoms with van der Waals surface area (Å²) >= 11 is 0. The third kappa shape index (κ3) is 6.78. The van der Waals surface area contributed by atoms with Gasteiger partial charge in [-0.15, -0.1) is 0 Å². The van der Waals surface area contributed by atoms with E-state index in [1.54, 1.807) is 0 Å². The van der Waals surface area contributed by atoms with Gasteiger partial charge >= 0.3 is 0 Å². The molecule has 76 heavy (non-hydrogen) atoms. The minimum absolute atomic E-state index is 1.21. The Kier molecular flexibility index (Phi) is 9.44. The molecule has 0 aliphatic carbocycles. The van der Waals surface area contributed by atoms with E-state index in [1.165, 1.54) is 164 Å². The SMILES string of the molecule is c1ccc2cc(-c3ccc4ccc5c(-c6ccc(-c7ccc(-c8ccc(-c9ccc(-c%10ccc%11ccc%12c(-c%13ccc%14ccccc%14c%13)ccc%13ccc%10c%11c%13%12)cc9)cc8)cc7)cc6)ccc6ccc3c4c65)ccc2c1. The molecule has 0 saturated heterocycles. The molecule has 16 rings (SSSR count). The lowest BCUT2D eigenvalue weighted by Crippen LogP contribution is -1.90. The van der Waals surface area contributed by atoms with Crippen LogP contribution in [0.3, 0.4) is 0 Å². The highest BCUT2D eigenvalue weighted by atomic mass is 14.2. The number of hydrogen-bond acceptors (Lipinski definition) is 0. The first-order valence-corrected chi connectivity index (χ1v) is 26.5. The van der Waals surface area contributed by atoms with Gasteiger partial charge in [-0.25, -0.2) is 0 Å². The second-order valence-electron chi connectivity index (χ2n) is 20.7. The molecule has 0 unspecified atom stereocenters. The van der Waals surface area contributed by atoms with Gasteiger partial charge in [0.2, 0.25) is 0 Å². The maximum absolute atomic E-state index is 2.33. The first kappa shape index (κ1) is 42.6. The van der Waals surface area contributed by atoms with Gasteiger partial charge < -0.3 is 0 Å². The Labute approximate surface area is 440 Å². The van der Waals surface area contributed by atoms with Crippen LogP contribution in [-0.2, 0) is 0 Å². The van der Waals surface area contributed by atoms with Gasteiger partial charge in [-0.1, -0.05) is 267 Å². The van der Waals surface area contributed by atoms with Crippen molar-refractivity contribution >= 4 is 86.2 Å². The summed E-state index contributed by atoms with van der Waals surface area (Å²) in [5.41, 5.74) is 17.3. The van der Waals surface area contributed by atoms with Gasteiger partial charge in [-0.2, -0.15) is 0 Å². The van der Waals surface area contributed by atoms with Crippen LogP contribution < -0.4 is 0 Å². The third-order valence-corrected chi connectivity index (χ3v) is 16.6. The van der Waals surface area contributed by atoms with Crippen molar-refractivity contribution in [3.63, 3.8) is 0 Å². The summed E-state index contributed by atoms with van der Waals surface area (Å²) < 4.78 is 0. The van der Waals surface area contributed by atoms with Crippen LogP contribution in [0.1, 0.15) is 0 Å². The summed E-state index contributed by atoms with van der Waals surface area (Å²) in [7, 11) is 0. The second-order valence-corrected chi connectivity index (χ2v) is 20.7. The van der Waals surface area contributed by atoms with E-state index in [0.29, 0.717) is 0 Å². The average Bonchev–Trinajstić information content (AvgIpc) is 3.56. The molecule has 16 aromatic rings. The van der Waals surface area contributed by atoms with Gasteiger partial charge in [0, 0.05) is 0 Å². The zero-order chi connectivity index (χ0) is 49.8. The number of rotatable bonds is 7. The van der Waals surface area contributed by atoms with Crippen molar-refractivity contribution in [1.29, 1.82) is 0 Å². The number of benzene rings is 16. The zero-order valence-electron chi connectivity index (χ0n) is 41.6. The highest BCUT2D eigenvalue weighted by Crippen LogP contribution is 2.45. The fourth-order valence-electron chi connectivity index (χ4n) is 12.7. The fourth-order valence-corrected chi connectivity index (χ4v) is 12.7. The Balaban J connectivity index is 0.650. The molecule has 0 N–H and O–H groups in total. The molecule has 0 amide bonds. The standard InChI is InChI=1S/C76H46/c1-3-7-61-45-63(27-21-47(61)5-1)67-39-31-59-33-41-69-65(37-29-57-35-43-71(67)75(59)73(57)69)55-23-17-53(18-24-55)51-13-9-49(10-14-51)50-11-15-52(16-12-50)54-19-25-56(26-20-54)66-38-30-58-36-44-72-68(40-32-60-34-42-70(66)74(58)76(60)72)64-28-22-48-6-2-4-8-62(48)46-64/h1-46H. The normalized spacial score (nSPS) is 11.9. The molecular formula is C76H46. The number of fused-ring (bicyclic) bond motifs is 2. The Bertz CT molecular complexity index is 4610. The molecule has 0 spiro atoms. The summed E-state index contributed by atoms with van der Waals surface area (Å²) in [5.74, 6) is 0. The minimum atomic E-state index is 1.21. The van der Waals surface area contributed by atoms with Gasteiger partial charge in [-0.05, 0) is 176 Å². The van der Waals surface area contributed by atoms with Gasteiger partial charge in [-0.3, -0.25) is 0 Å². The van der Waals surface area contributed by atoms with Crippen LogP contribution in [0.15, 0.2) is 279 Å². The van der Waals surface area contributed by atoms with Crippen LogP contribution >= 0.6 is 0 Å². The van der Waals surface area contributed by atoms with Crippen molar-refractivity contribution in [2.45, 2.75) is 0 Å². The van der Waals surface area contributed by atoms with E-state index >= 15 is 0 Å². The molecule has 0 bridgehead atoms. The molecule has 0 aromatic heterocycles. The maximum atomic E-state index is 2.33. The highest BCUT2D eigenvalue weighted by molar-refractivity contribution is 6.29. The second kappa shape index (κ2) is 16.8. The van der Waals surface area contributed by atoms with E-state index in [0.717, 1.165) is 0 Å². The van der Waals surface area contributed by atoms with E-state index in [2.05, 4.69) is 279 Å². The first-order valence-electron chi connectivity index (χ1n) is 26.5. The molecule has 0 heterocycles. The molecule has 0 heteroatoms. The smallest absolute Gasteiger partial charge is 0.00203 e. The molecule has 0 saturated carbocycles. The van der Waals surface area contributed by atoms with E-state index in [-0.39, 0.29) is 0 Å². The highest BCUT2D eigenvalue weighted by Gasteiger charge is 2.18. The summed E-state index contributed by atoms with van der Waals surface area (Å²) in [5, 5.41) is 20.7. The lowest BCUT2D eigenvalue weighted by molar-refractivity contribution is 1.57. The Morgan fingerprint density at radius 3 is 0.632 bits per heavy atom. The molecule has 0 aliphatic rings. The molecule has 16 aromatic carbocycles. The predicted molar refractivity (Wildman–Crippen MR) is 327 cm³/mol. The van der Waals surface area contributed by atoms with Crippen LogP contribution in [0, 0.1) is 0 Å². The van der Waals surface area contributed by atoms with Gasteiger partial charge in [0.05, 0.1) is 0 Å². The van der Waals surface area contributed by atoms with Crippen molar-refractivity contribution in [2.24, 2.45) is 0 Å².